The maximum Gasteiger partial charge on any atom is 0.124 e. The molecule has 1 atom stereocenters. The summed E-state index contributed by atoms with van der Waals surface area (Å²) in [7, 11) is 1.65. The van der Waals surface area contributed by atoms with E-state index in [1.165, 1.54) is 0 Å². The van der Waals surface area contributed by atoms with Gasteiger partial charge in [-0.05, 0) is 24.3 Å². The van der Waals surface area contributed by atoms with Crippen LogP contribution < -0.4 is 4.74 Å². The number of rotatable bonds is 4. The van der Waals surface area contributed by atoms with Gasteiger partial charge in [0.15, 0.2) is 0 Å². The van der Waals surface area contributed by atoms with Crippen LogP contribution in [0.2, 0.25) is 5.02 Å². The predicted molar refractivity (Wildman–Crippen MR) is 77.6 cm³/mol. The van der Waals surface area contributed by atoms with E-state index in [1.807, 2.05) is 36.4 Å². The lowest BCUT2D eigenvalue weighted by Gasteiger charge is -2.14. The summed E-state index contributed by atoms with van der Waals surface area (Å²) in [5.74, 6) is 0.792. The second-order valence-electron chi connectivity index (χ2n) is 3.88. The van der Waals surface area contributed by atoms with Crippen LogP contribution in [0.4, 0.5) is 0 Å². The van der Waals surface area contributed by atoms with Crippen LogP contribution in [0.15, 0.2) is 42.6 Å². The average Bonchev–Trinajstić information content (AvgIpc) is 2.39. The Labute approximate surface area is 120 Å². The fourth-order valence-electron chi connectivity index (χ4n) is 1.76. The highest BCUT2D eigenvalue weighted by atomic mass is 79.9. The van der Waals surface area contributed by atoms with Crippen molar-refractivity contribution in [3.8, 4) is 5.75 Å². The average molecular weight is 327 g/mol. The van der Waals surface area contributed by atoms with Crippen molar-refractivity contribution >= 4 is 27.5 Å². The van der Waals surface area contributed by atoms with Crippen LogP contribution in [0.1, 0.15) is 16.1 Å². The summed E-state index contributed by atoms with van der Waals surface area (Å²) in [5, 5.41) is 0.674. The Morgan fingerprint density at radius 2 is 2.17 bits per heavy atom. The van der Waals surface area contributed by atoms with E-state index in [-0.39, 0.29) is 4.83 Å². The number of ether oxygens (including phenoxy) is 1. The van der Waals surface area contributed by atoms with E-state index in [4.69, 9.17) is 16.3 Å². The van der Waals surface area contributed by atoms with Gasteiger partial charge in [0.25, 0.3) is 0 Å². The maximum absolute atomic E-state index is 5.95. The predicted octanol–water partition coefficient (Wildman–Crippen LogP) is 4.42. The van der Waals surface area contributed by atoms with E-state index in [0.29, 0.717) is 5.02 Å². The normalized spacial score (nSPS) is 12.2. The summed E-state index contributed by atoms with van der Waals surface area (Å²) in [6.07, 6.45) is 2.60. The third-order valence-electron chi connectivity index (χ3n) is 2.65. The summed E-state index contributed by atoms with van der Waals surface area (Å²) in [6.45, 7) is 0. The zero-order chi connectivity index (χ0) is 13.0. The van der Waals surface area contributed by atoms with Crippen molar-refractivity contribution < 1.29 is 4.74 Å². The molecule has 0 radical (unpaired) electrons. The molecule has 2 rings (SSSR count). The second-order valence-corrected chi connectivity index (χ2v) is 5.42. The van der Waals surface area contributed by atoms with Crippen molar-refractivity contribution in [1.29, 1.82) is 0 Å². The molecule has 0 aliphatic rings. The van der Waals surface area contributed by atoms with Gasteiger partial charge in [0, 0.05) is 33.7 Å². The Kier molecular flexibility index (Phi) is 4.61. The van der Waals surface area contributed by atoms with Gasteiger partial charge in [0.1, 0.15) is 5.75 Å². The lowest BCUT2D eigenvalue weighted by molar-refractivity contribution is 0.409. The number of nitrogens with zero attached hydrogens (tertiary/aromatic N) is 1. The molecule has 0 spiro atoms. The van der Waals surface area contributed by atoms with Crippen molar-refractivity contribution in [3.05, 3.63) is 58.9 Å². The molecule has 0 saturated carbocycles. The molecule has 1 aromatic carbocycles. The molecule has 0 N–H and O–H groups in total. The molecule has 0 aliphatic heterocycles. The van der Waals surface area contributed by atoms with Crippen LogP contribution in [0, 0.1) is 0 Å². The zero-order valence-electron chi connectivity index (χ0n) is 9.94. The first-order valence-corrected chi connectivity index (χ1v) is 6.87. The van der Waals surface area contributed by atoms with Gasteiger partial charge in [-0.2, -0.15) is 0 Å². The molecule has 0 aliphatic carbocycles. The van der Waals surface area contributed by atoms with Crippen molar-refractivity contribution in [2.45, 2.75) is 11.2 Å². The number of alkyl halides is 1. The third-order valence-corrected chi connectivity index (χ3v) is 3.70. The molecule has 0 fully saturated rings. The molecule has 4 heteroatoms. The van der Waals surface area contributed by atoms with Crippen LogP contribution in [-0.4, -0.2) is 12.1 Å². The summed E-state index contributed by atoms with van der Waals surface area (Å²) in [6, 6.07) is 11.6. The first-order valence-electron chi connectivity index (χ1n) is 5.58. The number of halogens is 2. The molecular formula is C14H13BrClNO. The number of benzene rings is 1. The quantitative estimate of drug-likeness (QED) is 0.776. The van der Waals surface area contributed by atoms with Gasteiger partial charge >= 0.3 is 0 Å². The van der Waals surface area contributed by atoms with Gasteiger partial charge in [-0.25, -0.2) is 0 Å². The van der Waals surface area contributed by atoms with Gasteiger partial charge < -0.3 is 4.74 Å². The van der Waals surface area contributed by atoms with Crippen LogP contribution in [0.25, 0.3) is 0 Å². The number of methoxy groups -OCH3 is 1. The Hall–Kier alpha value is -1.06. The van der Waals surface area contributed by atoms with Gasteiger partial charge in [-0.3, -0.25) is 4.98 Å². The molecule has 1 unspecified atom stereocenters. The number of hydrogen-bond donors (Lipinski definition) is 0. The standard InChI is InChI=1S/C14H13BrClNO/c1-18-14-8-10(16)5-6-12(14)13(15)9-11-4-2-3-7-17-11/h2-8,13H,9H2,1H3. The highest BCUT2D eigenvalue weighted by Gasteiger charge is 2.14. The van der Waals surface area contributed by atoms with E-state index >= 15 is 0 Å². The smallest absolute Gasteiger partial charge is 0.124 e. The van der Waals surface area contributed by atoms with E-state index < -0.39 is 0 Å². The van der Waals surface area contributed by atoms with Gasteiger partial charge in [0.05, 0.1) is 7.11 Å². The number of hydrogen-bond acceptors (Lipinski definition) is 2. The minimum atomic E-state index is 0.152. The molecule has 94 valence electrons. The molecule has 1 aromatic heterocycles. The first kappa shape index (κ1) is 13.4. The van der Waals surface area contributed by atoms with Gasteiger partial charge in [-0.1, -0.05) is 39.7 Å². The molecule has 18 heavy (non-hydrogen) atoms. The van der Waals surface area contributed by atoms with Crippen molar-refractivity contribution in [2.75, 3.05) is 7.11 Å². The van der Waals surface area contributed by atoms with E-state index in [2.05, 4.69) is 20.9 Å². The zero-order valence-corrected chi connectivity index (χ0v) is 12.3. The Morgan fingerprint density at radius 1 is 1.33 bits per heavy atom. The molecular weight excluding hydrogens is 314 g/mol. The summed E-state index contributed by atoms with van der Waals surface area (Å²) < 4.78 is 5.35. The van der Waals surface area contributed by atoms with Crippen molar-refractivity contribution in [1.82, 2.24) is 4.98 Å². The SMILES string of the molecule is COc1cc(Cl)ccc1C(Br)Cc1ccccn1. The lowest BCUT2D eigenvalue weighted by Crippen LogP contribution is -2.00. The monoisotopic (exact) mass is 325 g/mol. The molecule has 2 nitrogen and oxygen atoms in total. The maximum atomic E-state index is 5.95. The largest absolute Gasteiger partial charge is 0.496 e. The van der Waals surface area contributed by atoms with Crippen LogP contribution in [0.5, 0.6) is 5.75 Å². The van der Waals surface area contributed by atoms with Crippen molar-refractivity contribution in [3.63, 3.8) is 0 Å². The lowest BCUT2D eigenvalue weighted by atomic mass is 10.1. The number of aromatic nitrogens is 1. The highest BCUT2D eigenvalue weighted by molar-refractivity contribution is 9.09. The van der Waals surface area contributed by atoms with E-state index in [0.717, 1.165) is 23.4 Å². The minimum absolute atomic E-state index is 0.152. The second kappa shape index (κ2) is 6.21. The molecule has 0 amide bonds. The van der Waals surface area contributed by atoms with Crippen molar-refractivity contribution in [2.24, 2.45) is 0 Å². The highest BCUT2D eigenvalue weighted by Crippen LogP contribution is 2.35. The van der Waals surface area contributed by atoms with Gasteiger partial charge in [-0.15, -0.1) is 0 Å². The summed E-state index contributed by atoms with van der Waals surface area (Å²) in [5.41, 5.74) is 2.11. The van der Waals surface area contributed by atoms with Crippen LogP contribution in [-0.2, 0) is 6.42 Å². The first-order chi connectivity index (χ1) is 8.70. The minimum Gasteiger partial charge on any atom is -0.496 e. The summed E-state index contributed by atoms with van der Waals surface area (Å²) >= 11 is 9.63. The van der Waals surface area contributed by atoms with Crippen LogP contribution in [0.3, 0.4) is 0 Å². The molecule has 0 saturated heterocycles. The Morgan fingerprint density at radius 3 is 2.83 bits per heavy atom. The molecule has 2 aromatic rings. The van der Waals surface area contributed by atoms with E-state index in [9.17, 15) is 0 Å². The number of pyridine rings is 1. The fraction of sp³-hybridized carbons (Fsp3) is 0.214. The topological polar surface area (TPSA) is 22.1 Å². The molecule has 1 heterocycles. The molecule has 0 bridgehead atoms. The summed E-state index contributed by atoms with van der Waals surface area (Å²) in [4.78, 5) is 4.47. The van der Waals surface area contributed by atoms with Crippen LogP contribution >= 0.6 is 27.5 Å². The fourth-order valence-corrected chi connectivity index (χ4v) is 2.63. The Balaban J connectivity index is 2.21. The Bertz CT molecular complexity index is 518. The third kappa shape index (κ3) is 3.24. The van der Waals surface area contributed by atoms with Gasteiger partial charge in [0.2, 0.25) is 0 Å². The van der Waals surface area contributed by atoms with E-state index in [1.54, 1.807) is 13.3 Å².